The van der Waals surface area contributed by atoms with Crippen LogP contribution in [0.4, 0.5) is 5.69 Å². The van der Waals surface area contributed by atoms with Crippen LogP contribution in [-0.2, 0) is 0 Å². The van der Waals surface area contributed by atoms with Crippen molar-refractivity contribution in [3.05, 3.63) is 64.2 Å². The van der Waals surface area contributed by atoms with Crippen LogP contribution in [0.2, 0.25) is 5.02 Å². The van der Waals surface area contributed by atoms with Crippen LogP contribution in [0.3, 0.4) is 0 Å². The Bertz CT molecular complexity index is 546. The van der Waals surface area contributed by atoms with E-state index in [2.05, 4.69) is 56.4 Å². The largest absolute Gasteiger partial charge is 0.378 e. The smallest absolute Gasteiger partial charge is 0.0511 e. The highest BCUT2D eigenvalue weighted by atomic mass is 35.5. The monoisotopic (exact) mass is 273 g/mol. The summed E-state index contributed by atoms with van der Waals surface area (Å²) in [6.07, 6.45) is 1.05. The van der Waals surface area contributed by atoms with Gasteiger partial charge in [-0.1, -0.05) is 48.4 Å². The van der Waals surface area contributed by atoms with Gasteiger partial charge in [0.25, 0.3) is 0 Å². The van der Waals surface area contributed by atoms with Crippen LogP contribution in [0.15, 0.2) is 42.5 Å². The molecule has 0 radical (unpaired) electrons. The molecule has 2 aromatic carbocycles. The fourth-order valence-corrected chi connectivity index (χ4v) is 2.42. The van der Waals surface area contributed by atoms with E-state index in [9.17, 15) is 0 Å². The lowest BCUT2D eigenvalue weighted by molar-refractivity contribution is 0.748. The summed E-state index contributed by atoms with van der Waals surface area (Å²) in [5.41, 5.74) is 4.94. The molecule has 0 aromatic heterocycles. The van der Waals surface area contributed by atoms with E-state index < -0.39 is 0 Å². The van der Waals surface area contributed by atoms with E-state index in [0.717, 1.165) is 17.1 Å². The predicted molar refractivity (Wildman–Crippen MR) is 84.0 cm³/mol. The SMILES string of the molecule is CCC(Nc1ccc(Cl)cc1C)c1ccc(C)cc1. The number of benzene rings is 2. The Balaban J connectivity index is 2.21. The second kappa shape index (κ2) is 6.12. The van der Waals surface area contributed by atoms with Gasteiger partial charge in [-0.05, 0) is 49.6 Å². The average molecular weight is 274 g/mol. The maximum atomic E-state index is 5.99. The normalized spacial score (nSPS) is 12.2. The zero-order chi connectivity index (χ0) is 13.8. The maximum absolute atomic E-state index is 5.99. The molecule has 1 atom stereocenters. The van der Waals surface area contributed by atoms with Gasteiger partial charge >= 0.3 is 0 Å². The van der Waals surface area contributed by atoms with Crippen molar-refractivity contribution in [3.8, 4) is 0 Å². The van der Waals surface area contributed by atoms with Gasteiger partial charge < -0.3 is 5.32 Å². The second-order valence-electron chi connectivity index (χ2n) is 4.98. The van der Waals surface area contributed by atoms with Gasteiger partial charge in [-0.25, -0.2) is 0 Å². The summed E-state index contributed by atoms with van der Waals surface area (Å²) >= 11 is 5.99. The molecule has 0 bridgehead atoms. The minimum Gasteiger partial charge on any atom is -0.378 e. The zero-order valence-corrected chi connectivity index (χ0v) is 12.5. The number of halogens is 1. The lowest BCUT2D eigenvalue weighted by Gasteiger charge is -2.20. The highest BCUT2D eigenvalue weighted by molar-refractivity contribution is 6.30. The summed E-state index contributed by atoms with van der Waals surface area (Å²) < 4.78 is 0. The van der Waals surface area contributed by atoms with E-state index in [0.29, 0.717) is 6.04 Å². The Morgan fingerprint density at radius 1 is 1.05 bits per heavy atom. The van der Waals surface area contributed by atoms with Gasteiger partial charge in [0.15, 0.2) is 0 Å². The number of rotatable bonds is 4. The molecule has 0 aliphatic carbocycles. The molecule has 0 spiro atoms. The Labute approximate surface area is 120 Å². The minimum atomic E-state index is 0.334. The molecule has 100 valence electrons. The molecule has 0 amide bonds. The van der Waals surface area contributed by atoms with Crippen LogP contribution in [0.25, 0.3) is 0 Å². The molecule has 0 aliphatic heterocycles. The third-order valence-corrected chi connectivity index (χ3v) is 3.64. The van der Waals surface area contributed by atoms with Crippen LogP contribution in [0, 0.1) is 13.8 Å². The van der Waals surface area contributed by atoms with E-state index >= 15 is 0 Å². The van der Waals surface area contributed by atoms with Crippen LogP contribution < -0.4 is 5.32 Å². The fourth-order valence-electron chi connectivity index (χ4n) is 2.20. The molecule has 1 N–H and O–H groups in total. The second-order valence-corrected chi connectivity index (χ2v) is 5.41. The molecule has 0 aliphatic rings. The molecular formula is C17H20ClN. The van der Waals surface area contributed by atoms with Crippen molar-refractivity contribution in [2.24, 2.45) is 0 Å². The van der Waals surface area contributed by atoms with Gasteiger partial charge in [0.2, 0.25) is 0 Å². The third kappa shape index (κ3) is 3.51. The molecule has 0 heterocycles. The summed E-state index contributed by atoms with van der Waals surface area (Å²) in [6, 6.07) is 15.0. The van der Waals surface area contributed by atoms with Crippen LogP contribution >= 0.6 is 11.6 Å². The van der Waals surface area contributed by atoms with Crippen LogP contribution in [0.5, 0.6) is 0 Å². The van der Waals surface area contributed by atoms with Crippen LogP contribution in [-0.4, -0.2) is 0 Å². The van der Waals surface area contributed by atoms with E-state index in [4.69, 9.17) is 11.6 Å². The number of aryl methyl sites for hydroxylation is 2. The number of hydrogen-bond donors (Lipinski definition) is 1. The third-order valence-electron chi connectivity index (χ3n) is 3.41. The van der Waals surface area contributed by atoms with Gasteiger partial charge in [0, 0.05) is 10.7 Å². The first-order valence-electron chi connectivity index (χ1n) is 6.69. The molecule has 19 heavy (non-hydrogen) atoms. The number of nitrogens with one attached hydrogen (secondary N) is 1. The molecule has 1 nitrogen and oxygen atoms in total. The molecule has 2 heteroatoms. The lowest BCUT2D eigenvalue weighted by Crippen LogP contribution is -2.10. The van der Waals surface area contributed by atoms with E-state index in [-0.39, 0.29) is 0 Å². The summed E-state index contributed by atoms with van der Waals surface area (Å²) in [4.78, 5) is 0. The first-order chi connectivity index (χ1) is 9.10. The van der Waals surface area contributed by atoms with E-state index in [1.54, 1.807) is 0 Å². The number of hydrogen-bond acceptors (Lipinski definition) is 1. The average Bonchev–Trinajstić information content (AvgIpc) is 2.39. The lowest BCUT2D eigenvalue weighted by atomic mass is 10.0. The van der Waals surface area contributed by atoms with Crippen molar-refractivity contribution in [1.29, 1.82) is 0 Å². The molecule has 2 aromatic rings. The fraction of sp³-hybridized carbons (Fsp3) is 0.294. The highest BCUT2D eigenvalue weighted by Gasteiger charge is 2.10. The van der Waals surface area contributed by atoms with E-state index in [1.807, 2.05) is 12.1 Å². The van der Waals surface area contributed by atoms with Crippen molar-refractivity contribution in [3.63, 3.8) is 0 Å². The summed E-state index contributed by atoms with van der Waals surface area (Å²) in [5, 5.41) is 4.39. The van der Waals surface area contributed by atoms with Crippen molar-refractivity contribution < 1.29 is 0 Å². The molecule has 0 saturated carbocycles. The Hall–Kier alpha value is -1.47. The quantitative estimate of drug-likeness (QED) is 0.773. The first kappa shape index (κ1) is 14.0. The van der Waals surface area contributed by atoms with Crippen molar-refractivity contribution in [2.45, 2.75) is 33.2 Å². The minimum absolute atomic E-state index is 0.334. The van der Waals surface area contributed by atoms with Crippen molar-refractivity contribution in [1.82, 2.24) is 0 Å². The Morgan fingerprint density at radius 2 is 1.74 bits per heavy atom. The predicted octanol–water partition coefficient (Wildman–Crippen LogP) is 5.52. The summed E-state index contributed by atoms with van der Waals surface area (Å²) in [5.74, 6) is 0. The zero-order valence-electron chi connectivity index (χ0n) is 11.7. The Morgan fingerprint density at radius 3 is 2.32 bits per heavy atom. The van der Waals surface area contributed by atoms with Crippen molar-refractivity contribution >= 4 is 17.3 Å². The number of anilines is 1. The molecule has 0 fully saturated rings. The highest BCUT2D eigenvalue weighted by Crippen LogP contribution is 2.26. The van der Waals surface area contributed by atoms with Gasteiger partial charge in [-0.3, -0.25) is 0 Å². The van der Waals surface area contributed by atoms with Crippen molar-refractivity contribution in [2.75, 3.05) is 5.32 Å². The van der Waals surface area contributed by atoms with Gasteiger partial charge in [-0.15, -0.1) is 0 Å². The van der Waals surface area contributed by atoms with Gasteiger partial charge in [0.1, 0.15) is 0 Å². The maximum Gasteiger partial charge on any atom is 0.0511 e. The molecule has 0 saturated heterocycles. The molecule has 2 rings (SSSR count). The molecular weight excluding hydrogens is 254 g/mol. The molecule has 1 unspecified atom stereocenters. The Kier molecular flexibility index (Phi) is 4.49. The summed E-state index contributed by atoms with van der Waals surface area (Å²) in [6.45, 7) is 6.39. The van der Waals surface area contributed by atoms with Gasteiger partial charge in [0.05, 0.1) is 6.04 Å². The van der Waals surface area contributed by atoms with E-state index in [1.165, 1.54) is 16.7 Å². The van der Waals surface area contributed by atoms with Crippen LogP contribution in [0.1, 0.15) is 36.1 Å². The standard InChI is InChI=1S/C17H20ClN/c1-4-16(14-7-5-12(2)6-8-14)19-17-10-9-15(18)11-13(17)3/h5-11,16,19H,4H2,1-3H3. The van der Waals surface area contributed by atoms with Gasteiger partial charge in [-0.2, -0.15) is 0 Å². The topological polar surface area (TPSA) is 12.0 Å². The summed E-state index contributed by atoms with van der Waals surface area (Å²) in [7, 11) is 0. The first-order valence-corrected chi connectivity index (χ1v) is 7.07.